The molecule has 254 valence electrons. The van der Waals surface area contributed by atoms with Crippen LogP contribution in [-0.4, -0.2) is 62.4 Å². The largest absolute Gasteiger partial charge is 0.488 e. The summed E-state index contributed by atoms with van der Waals surface area (Å²) in [6, 6.07) is 5.27. The van der Waals surface area contributed by atoms with E-state index in [9.17, 15) is 14.5 Å². The van der Waals surface area contributed by atoms with Crippen LogP contribution in [0.4, 0.5) is 15.0 Å². The Hall–Kier alpha value is -2.87. The molecule has 2 heterocycles. The molecule has 3 rings (SSSR count). The number of hydrogen-bond donors (Lipinski definition) is 3. The molecule has 3 N–H and O–H groups in total. The van der Waals surface area contributed by atoms with Crippen LogP contribution in [-0.2, 0) is 18.1 Å². The van der Waals surface area contributed by atoms with Crippen molar-refractivity contribution in [3.63, 3.8) is 0 Å². The Morgan fingerprint density at radius 3 is 2.22 bits per heavy atom. The zero-order valence-electron chi connectivity index (χ0n) is 27.6. The number of aryl methyl sites for hydroxylation is 1. The van der Waals surface area contributed by atoms with Crippen LogP contribution in [0.2, 0.25) is 5.02 Å². The van der Waals surface area contributed by atoms with Crippen LogP contribution in [0.3, 0.4) is 0 Å². The maximum absolute atomic E-state index is 15.3. The number of benzene rings is 1. The van der Waals surface area contributed by atoms with Gasteiger partial charge in [-0.05, 0) is 87.4 Å². The maximum Gasteiger partial charge on any atom is 0.476 e. The van der Waals surface area contributed by atoms with Crippen LogP contribution >= 0.6 is 30.8 Å². The molecule has 0 bridgehead atoms. The fourth-order valence-electron chi connectivity index (χ4n) is 4.06. The van der Waals surface area contributed by atoms with Gasteiger partial charge < -0.3 is 20.5 Å². The molecule has 0 radical (unpaired) electrons. The molecule has 2 aromatic heterocycles. The molecule has 1 aromatic carbocycles. The van der Waals surface area contributed by atoms with Gasteiger partial charge in [0.2, 0.25) is 0 Å². The van der Waals surface area contributed by atoms with Crippen molar-refractivity contribution in [1.29, 1.82) is 0 Å². The molecular weight excluding hydrogens is 660 g/mol. The number of phosphoric ester groups is 1. The predicted octanol–water partition coefficient (Wildman–Crippen LogP) is 8.35. The van der Waals surface area contributed by atoms with E-state index in [1.807, 2.05) is 32.9 Å². The number of pyridine rings is 1. The van der Waals surface area contributed by atoms with E-state index in [-0.39, 0.29) is 16.8 Å². The highest BCUT2D eigenvalue weighted by Crippen LogP contribution is 2.56. The molecule has 0 saturated heterocycles. The molecule has 16 heteroatoms. The summed E-state index contributed by atoms with van der Waals surface area (Å²) in [5.41, 5.74) is 0.0813. The lowest BCUT2D eigenvalue weighted by Crippen LogP contribution is -2.46. The molecule has 0 aliphatic heterocycles. The Morgan fingerprint density at radius 2 is 1.65 bits per heavy atom. The number of carbonyl (C=O) groups is 1. The number of carboxylic acid groups (broad SMARTS) is 1. The third-order valence-corrected chi connectivity index (χ3v) is 9.13. The highest BCUT2D eigenvalue weighted by molar-refractivity contribution is 7.48. The van der Waals surface area contributed by atoms with Gasteiger partial charge in [0, 0.05) is 28.9 Å². The first-order chi connectivity index (χ1) is 21.1. The molecule has 0 aliphatic carbocycles. The van der Waals surface area contributed by atoms with Crippen molar-refractivity contribution >= 4 is 42.7 Å². The van der Waals surface area contributed by atoms with E-state index < -0.39 is 49.7 Å². The van der Waals surface area contributed by atoms with E-state index in [1.165, 1.54) is 30.4 Å². The Kier molecular flexibility index (Phi) is 12.2. The van der Waals surface area contributed by atoms with Crippen molar-refractivity contribution in [2.45, 2.75) is 98.6 Å². The van der Waals surface area contributed by atoms with E-state index in [1.54, 1.807) is 41.5 Å². The van der Waals surface area contributed by atoms with Gasteiger partial charge in [-0.1, -0.05) is 22.9 Å². The number of nitrogens with one attached hydrogen (secondary N) is 2. The summed E-state index contributed by atoms with van der Waals surface area (Å²) in [6.07, 6.45) is -2.48. The quantitative estimate of drug-likeness (QED) is 0.147. The van der Waals surface area contributed by atoms with Crippen LogP contribution in [0, 0.1) is 12.7 Å². The van der Waals surface area contributed by atoms with Crippen molar-refractivity contribution in [2.24, 2.45) is 0 Å². The summed E-state index contributed by atoms with van der Waals surface area (Å²) in [4.78, 5) is 16.1. The number of nitrogens with zero attached hydrogens (tertiary/aromatic N) is 3. The van der Waals surface area contributed by atoms with Gasteiger partial charge in [0.05, 0.1) is 28.4 Å². The molecule has 0 fully saturated rings. The van der Waals surface area contributed by atoms with Crippen molar-refractivity contribution in [1.82, 2.24) is 20.5 Å². The van der Waals surface area contributed by atoms with Gasteiger partial charge in [-0.25, -0.2) is 18.7 Å². The summed E-state index contributed by atoms with van der Waals surface area (Å²) in [7, 11) is -4.20. The molecule has 2 atom stereocenters. The first-order valence-corrected chi connectivity index (χ1v) is 17.2. The minimum absolute atomic E-state index is 0.140. The number of aromatic nitrogens is 3. The molecule has 12 nitrogen and oxygen atoms in total. The van der Waals surface area contributed by atoms with Gasteiger partial charge in [-0.3, -0.25) is 13.6 Å². The highest BCUT2D eigenvalue weighted by Gasteiger charge is 2.40. The third-order valence-electron chi connectivity index (χ3n) is 5.67. The molecule has 1 amide bonds. The van der Waals surface area contributed by atoms with E-state index in [0.29, 0.717) is 21.4 Å². The number of rotatable bonds is 13. The summed E-state index contributed by atoms with van der Waals surface area (Å²) < 4.78 is 51.6. The summed E-state index contributed by atoms with van der Waals surface area (Å²) >= 11 is 7.77. The second-order valence-corrected chi connectivity index (χ2v) is 15.7. The van der Waals surface area contributed by atoms with Gasteiger partial charge in [0.25, 0.3) is 0 Å². The molecular formula is C30H42ClFN5O7PS. The zero-order chi connectivity index (χ0) is 34.6. The maximum atomic E-state index is 15.3. The fraction of sp³-hybridized carbons (Fsp3) is 0.533. The molecule has 0 aliphatic rings. The number of amides is 1. The third kappa shape index (κ3) is 11.4. The van der Waals surface area contributed by atoms with Crippen LogP contribution in [0.25, 0.3) is 21.1 Å². The predicted molar refractivity (Wildman–Crippen MR) is 177 cm³/mol. The van der Waals surface area contributed by atoms with Crippen LogP contribution < -0.4 is 15.4 Å². The Morgan fingerprint density at radius 1 is 1.04 bits per heavy atom. The van der Waals surface area contributed by atoms with Gasteiger partial charge in [-0.15, -0.1) is 10.2 Å². The van der Waals surface area contributed by atoms with E-state index >= 15 is 4.39 Å². The van der Waals surface area contributed by atoms with Crippen molar-refractivity contribution in [2.75, 3.05) is 11.9 Å². The topological polar surface area (TPSA) is 154 Å². The van der Waals surface area contributed by atoms with Gasteiger partial charge in [0.1, 0.15) is 22.4 Å². The van der Waals surface area contributed by atoms with E-state index in [4.69, 9.17) is 29.9 Å². The Labute approximate surface area is 278 Å². The smallest absolute Gasteiger partial charge is 0.476 e. The Balaban J connectivity index is 1.81. The molecule has 0 unspecified atom stereocenters. The van der Waals surface area contributed by atoms with Crippen LogP contribution in [0.15, 0.2) is 24.3 Å². The van der Waals surface area contributed by atoms with Crippen molar-refractivity contribution < 1.29 is 37.2 Å². The van der Waals surface area contributed by atoms with Crippen LogP contribution in [0.5, 0.6) is 5.75 Å². The molecule has 0 spiro atoms. The molecule has 0 saturated carbocycles. The minimum Gasteiger partial charge on any atom is -0.488 e. The number of ether oxygens (including phenoxy) is 1. The van der Waals surface area contributed by atoms with Gasteiger partial charge in [-0.2, -0.15) is 0 Å². The molecule has 3 aromatic rings. The first-order valence-electron chi connectivity index (χ1n) is 14.5. The first kappa shape index (κ1) is 37.6. The summed E-state index contributed by atoms with van der Waals surface area (Å²) in [5, 5.41) is 24.6. The number of phosphoric acid groups is 1. The summed E-state index contributed by atoms with van der Waals surface area (Å²) in [6.45, 7) is 17.0. The Bertz CT molecular complexity index is 1560. The summed E-state index contributed by atoms with van der Waals surface area (Å²) in [5.74, 6) is -0.300. The van der Waals surface area contributed by atoms with E-state index in [2.05, 4.69) is 25.8 Å². The zero-order valence-corrected chi connectivity index (χ0v) is 30.1. The lowest BCUT2D eigenvalue weighted by atomic mass is 10.2. The highest BCUT2D eigenvalue weighted by atomic mass is 35.5. The average Bonchev–Trinajstić information content (AvgIpc) is 3.34. The van der Waals surface area contributed by atoms with Crippen molar-refractivity contribution in [3.8, 4) is 26.9 Å². The van der Waals surface area contributed by atoms with Crippen molar-refractivity contribution in [3.05, 3.63) is 40.8 Å². The number of halogens is 2. The van der Waals surface area contributed by atoms with Gasteiger partial charge >= 0.3 is 13.9 Å². The molecule has 46 heavy (non-hydrogen) atoms. The SMILES string of the molecule is Cc1cc(-c2nnc(-c3cc(F)c(OC[C@H](NC(=O)O)[C@@H](C)OP(=O)(OC(C)(C)C)OC(C)(C)C)cc3Cl)s2)cc(NC(C)C)n1. The number of anilines is 1. The number of hydrogen-bond acceptors (Lipinski definition) is 11. The standard InChI is InChI=1S/C30H42ClFN5O7PS/c1-16(2)33-25-12-19(11-17(3)34-25)26-36-37-27(46-26)20-13-22(32)24(14-21(20)31)41-15-23(35-28(38)39)18(4)42-45(40,43-29(5,6)7)44-30(8,9)10/h11-14,16,18,23,35H,15H2,1-10H3,(H,33,34)(H,38,39)/t18-,23+/m1/s1. The second-order valence-electron chi connectivity index (χ2n) is 12.9. The lowest BCUT2D eigenvalue weighted by molar-refractivity contribution is -0.0162. The fourth-order valence-corrected chi connectivity index (χ4v) is 7.24. The average molecular weight is 702 g/mol. The second kappa shape index (κ2) is 14.9. The lowest BCUT2D eigenvalue weighted by Gasteiger charge is -2.34. The monoisotopic (exact) mass is 701 g/mol. The van der Waals surface area contributed by atoms with Gasteiger partial charge in [0.15, 0.2) is 11.6 Å². The minimum atomic E-state index is -4.20. The van der Waals surface area contributed by atoms with E-state index in [0.717, 1.165) is 11.3 Å². The normalized spacial score (nSPS) is 13.8. The van der Waals surface area contributed by atoms with Crippen LogP contribution in [0.1, 0.15) is 68.0 Å².